The quantitative estimate of drug-likeness (QED) is 0.412. The summed E-state index contributed by atoms with van der Waals surface area (Å²) in [4.78, 5) is 0. The molecule has 0 N–H and O–H groups in total. The van der Waals surface area contributed by atoms with Crippen LogP contribution in [-0.4, -0.2) is 0 Å². The molecule has 2 nitrogen and oxygen atoms in total. The van der Waals surface area contributed by atoms with E-state index in [1.165, 1.54) is 0 Å². The summed E-state index contributed by atoms with van der Waals surface area (Å²) in [5.41, 5.74) is 0. The van der Waals surface area contributed by atoms with Crippen LogP contribution in [0.5, 0.6) is 0 Å². The summed E-state index contributed by atoms with van der Waals surface area (Å²) >= 11 is 0. The third-order valence-electron chi connectivity index (χ3n) is 0. The van der Waals surface area contributed by atoms with Crippen molar-refractivity contribution in [2.45, 2.75) is 0 Å². The second-order valence-electron chi connectivity index (χ2n) is 0. The van der Waals surface area contributed by atoms with Crippen molar-refractivity contribution >= 4 is 0 Å². The van der Waals surface area contributed by atoms with E-state index in [-0.39, 0.29) is 49.7 Å². The van der Waals surface area contributed by atoms with E-state index < -0.39 is 0 Å². The largest absolute Gasteiger partial charge is 4.00 e. The summed E-state index contributed by atoms with van der Waals surface area (Å²) in [6.07, 6.45) is 0. The molecule has 0 saturated heterocycles. The maximum absolute atomic E-state index is 0. The summed E-state index contributed by atoms with van der Waals surface area (Å²) in [6, 6.07) is 0. The zero-order chi connectivity index (χ0) is 0. The Kier molecular flexibility index (Phi) is 518. The Morgan fingerprint density at radius 3 is 0.750 bits per heavy atom. The van der Waals surface area contributed by atoms with E-state index in [9.17, 15) is 0 Å². The molecule has 0 atom stereocenters. The third-order valence-corrected chi connectivity index (χ3v) is 0. The van der Waals surface area contributed by atoms with E-state index in [1.807, 2.05) is 0 Å². The van der Waals surface area contributed by atoms with Crippen LogP contribution in [-0.2, 0) is 49.7 Å². The van der Waals surface area contributed by atoms with Crippen LogP contribution in [0, 0.1) is 0 Å². The molecule has 4 heavy (non-hydrogen) atoms. The van der Waals surface area contributed by atoms with Crippen LogP contribution in [0.2, 0.25) is 0 Å². The Bertz CT molecular complexity index is 6.00. The van der Waals surface area contributed by atoms with Gasteiger partial charge in [-0.25, -0.2) is 0 Å². The minimum atomic E-state index is 0. The third kappa shape index (κ3) is 11.0. The SMILES string of the molecule is [Fe+3].[O-2].[O-2].[Ti+4]. The predicted molar refractivity (Wildman–Crippen MR) is 1.37 cm³/mol. The molecule has 0 aromatic carbocycles. The summed E-state index contributed by atoms with van der Waals surface area (Å²) in [6.45, 7) is 0. The molecule has 21 valence electrons. The first-order chi connectivity index (χ1) is 0. The van der Waals surface area contributed by atoms with E-state index in [2.05, 4.69) is 0 Å². The van der Waals surface area contributed by atoms with Gasteiger partial charge in [-0.1, -0.05) is 0 Å². The van der Waals surface area contributed by atoms with Crippen LogP contribution >= 0.6 is 0 Å². The fraction of sp³-hybridized carbons (Fsp3) is 0. The molecule has 0 amide bonds. The molecule has 4 heteroatoms. The molecular formula is FeO2Ti+3. The first-order valence-corrected chi connectivity index (χ1v) is 0. The van der Waals surface area contributed by atoms with E-state index >= 15 is 0 Å². The number of hydrogen-bond acceptors (Lipinski definition) is 0. The Morgan fingerprint density at radius 1 is 0.750 bits per heavy atom. The van der Waals surface area contributed by atoms with E-state index in [0.717, 1.165) is 0 Å². The summed E-state index contributed by atoms with van der Waals surface area (Å²) in [7, 11) is 0. The van der Waals surface area contributed by atoms with Gasteiger partial charge in [-0.3, -0.25) is 0 Å². The van der Waals surface area contributed by atoms with E-state index in [0.29, 0.717) is 0 Å². The maximum Gasteiger partial charge on any atom is 4.00 e. The topological polar surface area (TPSA) is 57.0 Å². The van der Waals surface area contributed by atoms with Crippen molar-refractivity contribution < 1.29 is 49.7 Å². The summed E-state index contributed by atoms with van der Waals surface area (Å²) in [5.74, 6) is 0. The van der Waals surface area contributed by atoms with Gasteiger partial charge in [0.1, 0.15) is 0 Å². The van der Waals surface area contributed by atoms with Gasteiger partial charge in [0.15, 0.2) is 0 Å². The Hall–Kier alpha value is 1.15. The van der Waals surface area contributed by atoms with Crippen LogP contribution in [0.1, 0.15) is 0 Å². The van der Waals surface area contributed by atoms with Crippen molar-refractivity contribution in [1.29, 1.82) is 0 Å². The molecule has 0 heterocycles. The van der Waals surface area contributed by atoms with Crippen LogP contribution in [0.3, 0.4) is 0 Å². The van der Waals surface area contributed by atoms with Crippen molar-refractivity contribution in [3.8, 4) is 0 Å². The number of hydrogen-bond donors (Lipinski definition) is 0. The fourth-order valence-corrected chi connectivity index (χ4v) is 0. The molecular weight excluding hydrogens is 136 g/mol. The first-order valence-electron chi connectivity index (χ1n) is 0. The second kappa shape index (κ2) is 31.0. The molecule has 0 aliphatic carbocycles. The van der Waals surface area contributed by atoms with Gasteiger partial charge in [-0.2, -0.15) is 0 Å². The average molecular weight is 136 g/mol. The van der Waals surface area contributed by atoms with Crippen molar-refractivity contribution in [3.63, 3.8) is 0 Å². The van der Waals surface area contributed by atoms with Crippen LogP contribution in [0.25, 0.3) is 0 Å². The second-order valence-corrected chi connectivity index (χ2v) is 0. The molecule has 0 unspecified atom stereocenters. The molecule has 0 spiro atoms. The van der Waals surface area contributed by atoms with Crippen molar-refractivity contribution in [3.05, 3.63) is 0 Å². The van der Waals surface area contributed by atoms with Crippen molar-refractivity contribution in [2.75, 3.05) is 0 Å². The molecule has 0 saturated carbocycles. The molecule has 0 aromatic heterocycles. The average Bonchev–Trinajstić information content (AvgIpc) is 0. The van der Waals surface area contributed by atoms with Crippen molar-refractivity contribution in [1.82, 2.24) is 0 Å². The van der Waals surface area contributed by atoms with Gasteiger partial charge in [0.25, 0.3) is 0 Å². The fourth-order valence-electron chi connectivity index (χ4n) is 0. The summed E-state index contributed by atoms with van der Waals surface area (Å²) in [5, 5.41) is 0. The van der Waals surface area contributed by atoms with Gasteiger partial charge < -0.3 is 11.0 Å². The van der Waals surface area contributed by atoms with Gasteiger partial charge in [0, 0.05) is 0 Å². The standard InChI is InChI=1S/Fe.2O.Ti/q+3;2*-2;+4. The van der Waals surface area contributed by atoms with Crippen LogP contribution < -0.4 is 0 Å². The van der Waals surface area contributed by atoms with Gasteiger partial charge in [-0.15, -0.1) is 0 Å². The zero-order valence-electron chi connectivity index (χ0n) is 1.67. The molecule has 0 bridgehead atoms. The van der Waals surface area contributed by atoms with Crippen molar-refractivity contribution in [2.24, 2.45) is 0 Å². The molecule has 0 rings (SSSR count). The van der Waals surface area contributed by atoms with Gasteiger partial charge in [0.2, 0.25) is 0 Å². The normalized spacial score (nSPS) is 0. The Balaban J connectivity index is 0. The van der Waals surface area contributed by atoms with Gasteiger partial charge in [-0.05, 0) is 0 Å². The minimum absolute atomic E-state index is 0. The maximum atomic E-state index is 0. The smallest absolute Gasteiger partial charge is 2.00 e. The van der Waals surface area contributed by atoms with Crippen LogP contribution in [0.15, 0.2) is 0 Å². The minimum Gasteiger partial charge on any atom is -2.00 e. The summed E-state index contributed by atoms with van der Waals surface area (Å²) < 4.78 is 0. The van der Waals surface area contributed by atoms with Gasteiger partial charge in [0.05, 0.1) is 0 Å². The molecule has 0 fully saturated rings. The first kappa shape index (κ1) is 66.8. The monoisotopic (exact) mass is 136 g/mol. The number of rotatable bonds is 0. The molecule has 1 radical (unpaired) electrons. The van der Waals surface area contributed by atoms with Gasteiger partial charge >= 0.3 is 38.8 Å². The Morgan fingerprint density at radius 2 is 0.750 bits per heavy atom. The van der Waals surface area contributed by atoms with E-state index in [1.54, 1.807) is 0 Å². The molecule has 0 aromatic rings. The molecule has 0 aliphatic rings. The van der Waals surface area contributed by atoms with E-state index in [4.69, 9.17) is 0 Å². The Labute approximate surface area is 49.9 Å². The zero-order valence-corrected chi connectivity index (χ0v) is 4.34. The van der Waals surface area contributed by atoms with Crippen LogP contribution in [0.4, 0.5) is 0 Å². The predicted octanol–water partition coefficient (Wildman–Crippen LogP) is -0.243. The molecule has 0 aliphatic heterocycles.